The highest BCUT2D eigenvalue weighted by atomic mass is 32.2. The van der Waals surface area contributed by atoms with Gasteiger partial charge in [-0.2, -0.15) is 0 Å². The fourth-order valence-corrected chi connectivity index (χ4v) is 6.11. The van der Waals surface area contributed by atoms with Crippen LogP contribution in [0.25, 0.3) is 0 Å². The molecule has 2 fully saturated rings. The van der Waals surface area contributed by atoms with Gasteiger partial charge in [-0.05, 0) is 43.4 Å². The molecule has 1 amide bonds. The third-order valence-electron chi connectivity index (χ3n) is 6.18. The number of amides is 1. The Kier molecular flexibility index (Phi) is 6.89. The van der Waals surface area contributed by atoms with Gasteiger partial charge < -0.3 is 9.80 Å². The quantitative estimate of drug-likeness (QED) is 0.704. The Morgan fingerprint density at radius 3 is 2.45 bits per heavy atom. The lowest BCUT2D eigenvalue weighted by Crippen LogP contribution is -2.52. The first-order valence-corrected chi connectivity index (χ1v) is 12.5. The Morgan fingerprint density at radius 1 is 1.17 bits per heavy atom. The molecule has 7 heteroatoms. The second-order valence-electron chi connectivity index (χ2n) is 8.98. The normalized spacial score (nSPS) is 22.2. The van der Waals surface area contributed by atoms with Crippen molar-refractivity contribution in [2.75, 3.05) is 55.7 Å². The maximum absolute atomic E-state index is 13.1. The smallest absolute Gasteiger partial charge is 0.237 e. The number of nitrogens with zero attached hydrogens (tertiary/aromatic N) is 3. The lowest BCUT2D eigenvalue weighted by molar-refractivity contribution is -0.135. The van der Waals surface area contributed by atoms with Crippen molar-refractivity contribution < 1.29 is 13.2 Å². The predicted molar refractivity (Wildman–Crippen MR) is 118 cm³/mol. The van der Waals surface area contributed by atoms with Crippen LogP contribution in [0, 0.1) is 19.8 Å². The number of aryl methyl sites for hydroxylation is 1. The summed E-state index contributed by atoms with van der Waals surface area (Å²) in [5.74, 6) is 0.712. The van der Waals surface area contributed by atoms with E-state index >= 15 is 0 Å². The third-order valence-corrected chi connectivity index (χ3v) is 7.93. The lowest BCUT2D eigenvalue weighted by Gasteiger charge is -2.38. The van der Waals surface area contributed by atoms with Crippen molar-refractivity contribution in [3.63, 3.8) is 0 Å². The van der Waals surface area contributed by atoms with Gasteiger partial charge in [0.05, 0.1) is 18.1 Å². The molecule has 6 nitrogen and oxygen atoms in total. The van der Waals surface area contributed by atoms with E-state index in [1.165, 1.54) is 16.8 Å². The highest BCUT2D eigenvalue weighted by molar-refractivity contribution is 7.91. The minimum Gasteiger partial charge on any atom is -0.369 e. The van der Waals surface area contributed by atoms with Crippen LogP contribution in [-0.2, 0) is 14.6 Å². The van der Waals surface area contributed by atoms with E-state index in [0.717, 1.165) is 26.2 Å². The van der Waals surface area contributed by atoms with Crippen LogP contribution < -0.4 is 4.90 Å². The van der Waals surface area contributed by atoms with Crippen LogP contribution in [0.5, 0.6) is 0 Å². The molecule has 0 saturated carbocycles. The number of hydrogen-bond acceptors (Lipinski definition) is 5. The Labute approximate surface area is 175 Å². The number of hydrogen-bond donors (Lipinski definition) is 0. The molecule has 2 aliphatic rings. The number of sulfone groups is 1. The van der Waals surface area contributed by atoms with Crippen LogP contribution in [0.3, 0.4) is 0 Å². The average Bonchev–Trinajstić information content (AvgIpc) is 3.02. The first-order chi connectivity index (χ1) is 13.7. The molecule has 0 radical (unpaired) electrons. The average molecular weight is 422 g/mol. The summed E-state index contributed by atoms with van der Waals surface area (Å²) >= 11 is 0. The minimum absolute atomic E-state index is 0.0704. The molecule has 1 aromatic carbocycles. The molecule has 29 heavy (non-hydrogen) atoms. The maximum Gasteiger partial charge on any atom is 0.237 e. The highest BCUT2D eigenvalue weighted by Gasteiger charge is 2.35. The summed E-state index contributed by atoms with van der Waals surface area (Å²) in [4.78, 5) is 19.5. The molecule has 162 valence electrons. The van der Waals surface area contributed by atoms with Gasteiger partial charge in [-0.3, -0.25) is 9.69 Å². The minimum atomic E-state index is -3.00. The number of benzene rings is 1. The fourth-order valence-electron chi connectivity index (χ4n) is 4.38. The van der Waals surface area contributed by atoms with E-state index in [-0.39, 0.29) is 23.5 Å². The molecule has 1 aromatic rings. The van der Waals surface area contributed by atoms with Crippen LogP contribution >= 0.6 is 0 Å². The van der Waals surface area contributed by atoms with Gasteiger partial charge in [-0.15, -0.1) is 0 Å². The molecular formula is C22H35N3O3S. The Morgan fingerprint density at radius 2 is 1.86 bits per heavy atom. The molecule has 0 aliphatic carbocycles. The van der Waals surface area contributed by atoms with Crippen LogP contribution in [0.2, 0.25) is 0 Å². The van der Waals surface area contributed by atoms with Gasteiger partial charge in [-0.25, -0.2) is 8.42 Å². The molecule has 2 heterocycles. The first-order valence-electron chi connectivity index (χ1n) is 10.7. The van der Waals surface area contributed by atoms with Gasteiger partial charge in [-0.1, -0.05) is 26.0 Å². The molecule has 2 aliphatic heterocycles. The lowest BCUT2D eigenvalue weighted by atomic mass is 10.1. The summed E-state index contributed by atoms with van der Waals surface area (Å²) in [6.07, 6.45) is 0.571. The summed E-state index contributed by atoms with van der Waals surface area (Å²) in [5.41, 5.74) is 3.91. The Bertz CT molecular complexity index is 830. The SMILES string of the molecule is Cc1cccc(N2CCN(CC(=O)N(CC(C)C)[C@@H]3CCS(=O)(=O)C3)CC2)c1C. The van der Waals surface area contributed by atoms with Crippen LogP contribution in [0.1, 0.15) is 31.4 Å². The van der Waals surface area contributed by atoms with Crippen molar-refractivity contribution in [2.24, 2.45) is 5.92 Å². The standard InChI is InChI=1S/C22H35N3O3S/c1-17(2)14-25(20-8-13-29(27,28)16-20)22(26)15-23-9-11-24(12-10-23)21-7-5-6-18(3)19(21)4/h5-7,17,20H,8-16H2,1-4H3/t20-/m1/s1. The number of piperazine rings is 1. The fraction of sp³-hybridized carbons (Fsp3) is 0.682. The van der Waals surface area contributed by atoms with Crippen LogP contribution in [0.4, 0.5) is 5.69 Å². The van der Waals surface area contributed by atoms with Crippen LogP contribution in [0.15, 0.2) is 18.2 Å². The van der Waals surface area contributed by atoms with Gasteiger partial charge in [0, 0.05) is 44.5 Å². The zero-order valence-electron chi connectivity index (χ0n) is 18.2. The molecule has 0 bridgehead atoms. The van der Waals surface area contributed by atoms with E-state index in [9.17, 15) is 13.2 Å². The first kappa shape index (κ1) is 22.1. The summed E-state index contributed by atoms with van der Waals surface area (Å²) < 4.78 is 23.8. The Balaban J connectivity index is 1.59. The second-order valence-corrected chi connectivity index (χ2v) is 11.2. The van der Waals surface area contributed by atoms with Gasteiger partial charge in [0.1, 0.15) is 0 Å². The number of rotatable bonds is 6. The van der Waals surface area contributed by atoms with Crippen molar-refractivity contribution in [3.05, 3.63) is 29.3 Å². The number of carbonyl (C=O) groups is 1. The summed E-state index contributed by atoms with van der Waals surface area (Å²) in [6, 6.07) is 6.26. The molecule has 1 atom stereocenters. The third kappa shape index (κ3) is 5.51. The van der Waals surface area contributed by atoms with Crippen molar-refractivity contribution in [1.29, 1.82) is 0 Å². The Hall–Kier alpha value is -1.60. The zero-order valence-corrected chi connectivity index (χ0v) is 19.0. The number of anilines is 1. The van der Waals surface area contributed by atoms with E-state index in [1.807, 2.05) is 4.90 Å². The second kappa shape index (κ2) is 9.04. The molecular weight excluding hydrogens is 386 g/mol. The number of carbonyl (C=O) groups excluding carboxylic acids is 1. The molecule has 3 rings (SSSR count). The van der Waals surface area contributed by atoms with E-state index in [0.29, 0.717) is 25.4 Å². The van der Waals surface area contributed by atoms with Crippen molar-refractivity contribution in [1.82, 2.24) is 9.80 Å². The van der Waals surface area contributed by atoms with E-state index in [1.54, 1.807) is 0 Å². The van der Waals surface area contributed by atoms with Crippen molar-refractivity contribution in [3.8, 4) is 0 Å². The predicted octanol–water partition coefficient (Wildman–Crippen LogP) is 2.10. The molecule has 0 aromatic heterocycles. The van der Waals surface area contributed by atoms with E-state index in [2.05, 4.69) is 55.7 Å². The summed E-state index contributed by atoms with van der Waals surface area (Å²) in [5, 5.41) is 0. The van der Waals surface area contributed by atoms with Crippen molar-refractivity contribution >= 4 is 21.4 Å². The van der Waals surface area contributed by atoms with Gasteiger partial charge in [0.2, 0.25) is 5.91 Å². The molecule has 0 unspecified atom stereocenters. The van der Waals surface area contributed by atoms with E-state index < -0.39 is 9.84 Å². The van der Waals surface area contributed by atoms with Gasteiger partial charge >= 0.3 is 0 Å². The monoisotopic (exact) mass is 421 g/mol. The molecule has 2 saturated heterocycles. The largest absolute Gasteiger partial charge is 0.369 e. The molecule has 0 spiro atoms. The summed E-state index contributed by atoms with van der Waals surface area (Å²) in [7, 11) is -3.00. The maximum atomic E-state index is 13.1. The zero-order chi connectivity index (χ0) is 21.2. The van der Waals surface area contributed by atoms with Gasteiger partial charge in [0.25, 0.3) is 0 Å². The van der Waals surface area contributed by atoms with E-state index in [4.69, 9.17) is 0 Å². The van der Waals surface area contributed by atoms with Crippen LogP contribution in [-0.4, -0.2) is 80.9 Å². The topological polar surface area (TPSA) is 60.9 Å². The van der Waals surface area contributed by atoms with Gasteiger partial charge in [0.15, 0.2) is 9.84 Å². The highest BCUT2D eigenvalue weighted by Crippen LogP contribution is 2.24. The summed E-state index contributed by atoms with van der Waals surface area (Å²) in [6.45, 7) is 13.0. The van der Waals surface area contributed by atoms with Crippen molar-refractivity contribution in [2.45, 2.75) is 40.2 Å². The molecule has 0 N–H and O–H groups in total.